The van der Waals surface area contributed by atoms with Gasteiger partial charge in [0.15, 0.2) is 0 Å². The molecule has 1 fully saturated rings. The lowest BCUT2D eigenvalue weighted by atomic mass is 10.0. The van der Waals surface area contributed by atoms with E-state index in [2.05, 4.69) is 21.7 Å². The molecule has 0 atom stereocenters. The fourth-order valence-corrected chi connectivity index (χ4v) is 3.96. The molecule has 0 unspecified atom stereocenters. The van der Waals surface area contributed by atoms with Crippen LogP contribution in [0, 0.1) is 6.92 Å². The van der Waals surface area contributed by atoms with Crippen LogP contribution in [0.3, 0.4) is 0 Å². The Bertz CT molecular complexity index is 1350. The Morgan fingerprint density at radius 2 is 1.95 bits per heavy atom. The first-order valence-electron chi connectivity index (χ1n) is 12.9. The summed E-state index contributed by atoms with van der Waals surface area (Å²) in [5.41, 5.74) is 19.6. The molecule has 0 spiro atoms. The molecule has 4 rings (SSSR count). The van der Waals surface area contributed by atoms with Crippen LogP contribution in [0.5, 0.6) is 0 Å². The van der Waals surface area contributed by atoms with Crippen molar-refractivity contribution in [2.45, 2.75) is 25.7 Å². The summed E-state index contributed by atoms with van der Waals surface area (Å²) in [6, 6.07) is 17.3. The van der Waals surface area contributed by atoms with Gasteiger partial charge in [-0.1, -0.05) is 24.3 Å². The Hall–Kier alpha value is -4.43. The van der Waals surface area contributed by atoms with Crippen LogP contribution in [-0.2, 0) is 4.74 Å². The number of aromatic nitrogens is 1. The van der Waals surface area contributed by atoms with Crippen molar-refractivity contribution in [3.63, 3.8) is 0 Å². The molecule has 0 saturated heterocycles. The minimum Gasteiger partial charge on any atom is -0.404 e. The number of benzene rings is 2. The van der Waals surface area contributed by atoms with Gasteiger partial charge in [0.2, 0.25) is 0 Å². The SMILES string of the molecule is CNc1ccc(C)c(/C(N)=C/C(=C\N)c2ccnc(C(=O)NCCOC)c2)c1.O=Cc1cccc(C2CC2)c1. The summed E-state index contributed by atoms with van der Waals surface area (Å²) >= 11 is 0. The lowest BCUT2D eigenvalue weighted by molar-refractivity contribution is 0.0932. The van der Waals surface area contributed by atoms with E-state index in [0.29, 0.717) is 30.1 Å². The molecular weight excluding hydrogens is 490 g/mol. The first kappa shape index (κ1) is 29.1. The Labute approximate surface area is 230 Å². The fourth-order valence-electron chi connectivity index (χ4n) is 3.96. The van der Waals surface area contributed by atoms with Crippen LogP contribution in [0.2, 0.25) is 0 Å². The standard InChI is InChI=1S/C21H27N5O2.C10H10O/c1-14-4-5-17(24-2)12-18(14)19(23)10-16(13-22)15-6-7-25-20(11-15)21(27)26-8-9-28-3;11-7-8-2-1-3-10(6-8)9-4-5-9/h4-7,10-13,24H,8-9,22-23H2,1-3H3,(H,26,27);1-3,6-7,9H,4-5H2/b16-13+,19-10-;. The number of hydrogen-bond donors (Lipinski definition) is 4. The highest BCUT2D eigenvalue weighted by atomic mass is 16.5. The summed E-state index contributed by atoms with van der Waals surface area (Å²) in [6.45, 7) is 2.84. The molecule has 1 aromatic heterocycles. The Morgan fingerprint density at radius 3 is 2.62 bits per heavy atom. The molecular formula is C31H37N5O3. The molecule has 1 amide bonds. The highest BCUT2D eigenvalue weighted by Gasteiger charge is 2.23. The number of aryl methyl sites for hydroxylation is 1. The summed E-state index contributed by atoms with van der Waals surface area (Å²) in [5, 5.41) is 5.85. The third kappa shape index (κ3) is 8.55. The first-order chi connectivity index (χ1) is 18.9. The van der Waals surface area contributed by atoms with E-state index in [0.717, 1.165) is 40.1 Å². The van der Waals surface area contributed by atoms with Gasteiger partial charge in [0.1, 0.15) is 12.0 Å². The second-order valence-corrected chi connectivity index (χ2v) is 9.24. The molecule has 1 aliphatic carbocycles. The van der Waals surface area contributed by atoms with Crippen molar-refractivity contribution in [3.8, 4) is 0 Å². The number of carbonyl (C=O) groups is 2. The van der Waals surface area contributed by atoms with Crippen molar-refractivity contribution in [1.82, 2.24) is 10.3 Å². The molecule has 0 aliphatic heterocycles. The van der Waals surface area contributed by atoms with E-state index in [9.17, 15) is 9.59 Å². The predicted octanol–water partition coefficient (Wildman–Crippen LogP) is 4.48. The quantitative estimate of drug-likeness (QED) is 0.174. The van der Waals surface area contributed by atoms with E-state index < -0.39 is 0 Å². The number of aldehydes is 1. The number of carbonyl (C=O) groups excluding carboxylic acids is 2. The highest BCUT2D eigenvalue weighted by Crippen LogP contribution is 2.40. The summed E-state index contributed by atoms with van der Waals surface area (Å²) < 4.78 is 4.93. The average Bonchev–Trinajstić information content (AvgIpc) is 3.82. The minimum absolute atomic E-state index is 0.273. The Kier molecular flexibility index (Phi) is 10.8. The number of nitrogens with two attached hydrogens (primary N) is 2. The van der Waals surface area contributed by atoms with Crippen LogP contribution < -0.4 is 22.1 Å². The molecule has 8 heteroatoms. The van der Waals surface area contributed by atoms with Crippen LogP contribution in [0.4, 0.5) is 5.69 Å². The zero-order valence-corrected chi connectivity index (χ0v) is 22.7. The molecule has 3 aromatic rings. The van der Waals surface area contributed by atoms with Crippen molar-refractivity contribution in [3.05, 3.63) is 107 Å². The smallest absolute Gasteiger partial charge is 0.269 e. The van der Waals surface area contributed by atoms with Gasteiger partial charge in [-0.3, -0.25) is 14.6 Å². The van der Waals surface area contributed by atoms with E-state index in [1.54, 1.807) is 31.5 Å². The number of amides is 1. The van der Waals surface area contributed by atoms with Gasteiger partial charge in [0, 0.05) is 55.6 Å². The molecule has 0 bridgehead atoms. The molecule has 6 N–H and O–H groups in total. The van der Waals surface area contributed by atoms with Crippen LogP contribution in [0.25, 0.3) is 11.3 Å². The number of methoxy groups -OCH3 is 1. The number of allylic oxidation sites excluding steroid dienone is 2. The Balaban J connectivity index is 0.000000314. The fraction of sp³-hybridized carbons (Fsp3) is 0.258. The topological polar surface area (TPSA) is 132 Å². The highest BCUT2D eigenvalue weighted by molar-refractivity contribution is 5.94. The second-order valence-electron chi connectivity index (χ2n) is 9.24. The zero-order valence-electron chi connectivity index (χ0n) is 22.7. The van der Waals surface area contributed by atoms with Crippen molar-refractivity contribution in [1.29, 1.82) is 0 Å². The molecule has 1 saturated carbocycles. The van der Waals surface area contributed by atoms with Crippen molar-refractivity contribution >= 4 is 29.2 Å². The number of nitrogens with zero attached hydrogens (tertiary/aromatic N) is 1. The summed E-state index contributed by atoms with van der Waals surface area (Å²) in [7, 11) is 3.43. The third-order valence-electron chi connectivity index (χ3n) is 6.34. The van der Waals surface area contributed by atoms with Crippen molar-refractivity contribution in [2.75, 3.05) is 32.6 Å². The molecule has 39 heavy (non-hydrogen) atoms. The molecule has 204 valence electrons. The second kappa shape index (κ2) is 14.5. The van der Waals surface area contributed by atoms with Crippen LogP contribution in [-0.4, -0.2) is 44.5 Å². The molecule has 2 aromatic carbocycles. The number of pyridine rings is 1. The molecule has 8 nitrogen and oxygen atoms in total. The van der Waals surface area contributed by atoms with E-state index >= 15 is 0 Å². The van der Waals surface area contributed by atoms with Gasteiger partial charge in [-0.2, -0.15) is 0 Å². The summed E-state index contributed by atoms with van der Waals surface area (Å²) in [5.74, 6) is 0.472. The van der Waals surface area contributed by atoms with Gasteiger partial charge in [0.25, 0.3) is 5.91 Å². The maximum atomic E-state index is 12.2. The van der Waals surface area contributed by atoms with Crippen LogP contribution in [0.1, 0.15) is 61.9 Å². The zero-order chi connectivity index (χ0) is 28.2. The number of rotatable bonds is 10. The molecule has 1 heterocycles. The van der Waals surface area contributed by atoms with Crippen molar-refractivity contribution < 1.29 is 14.3 Å². The van der Waals surface area contributed by atoms with Gasteiger partial charge in [-0.15, -0.1) is 0 Å². The monoisotopic (exact) mass is 527 g/mol. The van der Waals surface area contributed by atoms with Gasteiger partial charge >= 0.3 is 0 Å². The number of ether oxygens (including phenoxy) is 1. The lowest BCUT2D eigenvalue weighted by Gasteiger charge is -2.11. The Morgan fingerprint density at radius 1 is 1.15 bits per heavy atom. The first-order valence-corrected chi connectivity index (χ1v) is 12.9. The van der Waals surface area contributed by atoms with E-state index in [1.165, 1.54) is 24.6 Å². The maximum absolute atomic E-state index is 12.2. The predicted molar refractivity (Wildman–Crippen MR) is 157 cm³/mol. The van der Waals surface area contributed by atoms with Gasteiger partial charge in [0.05, 0.1) is 6.61 Å². The largest absolute Gasteiger partial charge is 0.404 e. The number of hydrogen-bond acceptors (Lipinski definition) is 7. The van der Waals surface area contributed by atoms with Crippen LogP contribution in [0.15, 0.2) is 73.1 Å². The van der Waals surface area contributed by atoms with Crippen LogP contribution >= 0.6 is 0 Å². The molecule has 1 aliphatic rings. The number of anilines is 1. The van der Waals surface area contributed by atoms with Crippen molar-refractivity contribution in [2.24, 2.45) is 11.5 Å². The van der Waals surface area contributed by atoms with Gasteiger partial charge < -0.3 is 26.8 Å². The van der Waals surface area contributed by atoms with E-state index in [1.807, 2.05) is 50.4 Å². The maximum Gasteiger partial charge on any atom is 0.269 e. The minimum atomic E-state index is -0.273. The summed E-state index contributed by atoms with van der Waals surface area (Å²) in [6.07, 6.45) is 8.33. The lowest BCUT2D eigenvalue weighted by Crippen LogP contribution is -2.27. The molecule has 0 radical (unpaired) electrons. The van der Waals surface area contributed by atoms with E-state index in [4.69, 9.17) is 16.2 Å². The van der Waals surface area contributed by atoms with Gasteiger partial charge in [-0.05, 0) is 84.4 Å². The number of nitrogens with one attached hydrogen (secondary N) is 2. The third-order valence-corrected chi connectivity index (χ3v) is 6.34. The van der Waals surface area contributed by atoms with E-state index in [-0.39, 0.29) is 5.91 Å². The average molecular weight is 528 g/mol. The van der Waals surface area contributed by atoms with Gasteiger partial charge in [-0.25, -0.2) is 0 Å². The normalized spacial score (nSPS) is 13.2. The summed E-state index contributed by atoms with van der Waals surface area (Å²) in [4.78, 5) is 26.7.